The third kappa shape index (κ3) is 3.23. The zero-order chi connectivity index (χ0) is 14.7. The summed E-state index contributed by atoms with van der Waals surface area (Å²) in [5.41, 5.74) is 1.95. The van der Waals surface area contributed by atoms with Crippen molar-refractivity contribution in [2.45, 2.75) is 20.0 Å². The predicted molar refractivity (Wildman–Crippen MR) is 87.9 cm³/mol. The maximum absolute atomic E-state index is 5.38. The molecule has 2 heterocycles. The van der Waals surface area contributed by atoms with Gasteiger partial charge in [-0.2, -0.15) is 0 Å². The van der Waals surface area contributed by atoms with Gasteiger partial charge < -0.3 is 10.1 Å². The summed E-state index contributed by atoms with van der Waals surface area (Å²) in [7, 11) is 1.68. The van der Waals surface area contributed by atoms with Gasteiger partial charge in [0.25, 0.3) is 0 Å². The summed E-state index contributed by atoms with van der Waals surface area (Å²) in [4.78, 5) is 7.40. The van der Waals surface area contributed by atoms with Gasteiger partial charge in [0.2, 0.25) is 0 Å². The molecule has 0 saturated carbocycles. The molecule has 0 saturated heterocycles. The second-order valence-electron chi connectivity index (χ2n) is 4.95. The van der Waals surface area contributed by atoms with E-state index >= 15 is 0 Å². The van der Waals surface area contributed by atoms with Gasteiger partial charge in [-0.1, -0.05) is 18.2 Å². The molecule has 0 unspecified atom stereocenters. The lowest BCUT2D eigenvalue weighted by Gasteiger charge is -2.07. The summed E-state index contributed by atoms with van der Waals surface area (Å²) in [5.74, 6) is 0.822. The van der Waals surface area contributed by atoms with Crippen molar-refractivity contribution in [2.75, 3.05) is 7.11 Å². The summed E-state index contributed by atoms with van der Waals surface area (Å²) in [6, 6.07) is 14.5. The molecule has 0 aliphatic carbocycles. The fourth-order valence-corrected chi connectivity index (χ4v) is 3.18. The molecule has 0 fully saturated rings. The molecule has 4 heteroatoms. The number of rotatable bonds is 5. The number of nitrogens with one attached hydrogen (secondary N) is 1. The van der Waals surface area contributed by atoms with E-state index < -0.39 is 0 Å². The fourth-order valence-electron chi connectivity index (χ4n) is 2.32. The average molecular weight is 298 g/mol. The summed E-state index contributed by atoms with van der Waals surface area (Å²) in [6.07, 6.45) is 0. The maximum atomic E-state index is 5.38. The van der Waals surface area contributed by atoms with Crippen molar-refractivity contribution in [3.63, 3.8) is 0 Å². The largest absolute Gasteiger partial charge is 0.494 e. The highest BCUT2D eigenvalue weighted by atomic mass is 32.1. The van der Waals surface area contributed by atoms with E-state index in [4.69, 9.17) is 9.72 Å². The number of ether oxygens (including phenoxy) is 1. The van der Waals surface area contributed by atoms with Gasteiger partial charge in [0.05, 0.1) is 12.8 Å². The van der Waals surface area contributed by atoms with E-state index in [1.807, 2.05) is 23.5 Å². The van der Waals surface area contributed by atoms with Gasteiger partial charge in [0, 0.05) is 28.2 Å². The van der Waals surface area contributed by atoms with Crippen molar-refractivity contribution in [1.82, 2.24) is 10.3 Å². The first-order valence-corrected chi connectivity index (χ1v) is 7.76. The lowest BCUT2D eigenvalue weighted by atomic mass is 10.2. The molecule has 2 aromatic heterocycles. The summed E-state index contributed by atoms with van der Waals surface area (Å²) in [5, 5.41) is 4.54. The van der Waals surface area contributed by atoms with Crippen LogP contribution in [-0.2, 0) is 13.1 Å². The van der Waals surface area contributed by atoms with Crippen LogP contribution in [0.4, 0.5) is 0 Å². The summed E-state index contributed by atoms with van der Waals surface area (Å²) in [6.45, 7) is 3.76. The molecular formula is C17H18N2OS. The molecule has 0 atom stereocenters. The van der Waals surface area contributed by atoms with Gasteiger partial charge >= 0.3 is 0 Å². The molecule has 3 nitrogen and oxygen atoms in total. The molecule has 108 valence electrons. The third-order valence-electron chi connectivity index (χ3n) is 3.36. The van der Waals surface area contributed by atoms with E-state index in [-0.39, 0.29) is 0 Å². The number of thiophene rings is 1. The fraction of sp³-hybridized carbons (Fsp3) is 0.235. The number of pyridine rings is 1. The van der Waals surface area contributed by atoms with Gasteiger partial charge in [-0.3, -0.25) is 0 Å². The molecule has 0 bridgehead atoms. The number of methoxy groups -OCH3 is 1. The van der Waals surface area contributed by atoms with Crippen molar-refractivity contribution in [2.24, 2.45) is 0 Å². The Hall–Kier alpha value is -1.91. The number of para-hydroxylation sites is 1. The van der Waals surface area contributed by atoms with Crippen LogP contribution in [-0.4, -0.2) is 12.1 Å². The Morgan fingerprint density at radius 2 is 2.00 bits per heavy atom. The van der Waals surface area contributed by atoms with Crippen molar-refractivity contribution in [1.29, 1.82) is 0 Å². The van der Waals surface area contributed by atoms with Gasteiger partial charge in [-0.05, 0) is 31.2 Å². The average Bonchev–Trinajstić information content (AvgIpc) is 2.92. The zero-order valence-electron chi connectivity index (χ0n) is 12.2. The van der Waals surface area contributed by atoms with Crippen molar-refractivity contribution in [3.05, 3.63) is 57.9 Å². The highest BCUT2D eigenvalue weighted by Gasteiger charge is 2.04. The number of aryl methyl sites for hydroxylation is 1. The van der Waals surface area contributed by atoms with Crippen LogP contribution in [0.5, 0.6) is 5.75 Å². The standard InChI is InChI=1S/C17H18N2OS/c1-12-6-9-15(21-12)11-18-10-14-8-7-13-4-3-5-16(20-2)17(13)19-14/h3-9,18H,10-11H2,1-2H3. The quantitative estimate of drug-likeness (QED) is 0.775. The number of hydrogen-bond acceptors (Lipinski definition) is 4. The highest BCUT2D eigenvalue weighted by Crippen LogP contribution is 2.23. The minimum absolute atomic E-state index is 0.755. The van der Waals surface area contributed by atoms with Crippen LogP contribution in [0.1, 0.15) is 15.4 Å². The van der Waals surface area contributed by atoms with Crippen molar-refractivity contribution in [3.8, 4) is 5.75 Å². The van der Waals surface area contributed by atoms with Crippen molar-refractivity contribution < 1.29 is 4.74 Å². The first-order chi connectivity index (χ1) is 10.3. The zero-order valence-corrected chi connectivity index (χ0v) is 13.0. The Labute approximate surface area is 128 Å². The highest BCUT2D eigenvalue weighted by molar-refractivity contribution is 7.11. The second-order valence-corrected chi connectivity index (χ2v) is 6.32. The first-order valence-electron chi connectivity index (χ1n) is 6.95. The van der Waals surface area contributed by atoms with E-state index in [2.05, 4.69) is 42.6 Å². The molecule has 0 radical (unpaired) electrons. The predicted octanol–water partition coefficient (Wildman–Crippen LogP) is 3.90. The first kappa shape index (κ1) is 14.0. The Balaban J connectivity index is 1.72. The molecule has 0 aliphatic heterocycles. The molecule has 0 spiro atoms. The lowest BCUT2D eigenvalue weighted by molar-refractivity contribution is 0.418. The normalized spacial score (nSPS) is 11.0. The van der Waals surface area contributed by atoms with Crippen LogP contribution >= 0.6 is 11.3 Å². The van der Waals surface area contributed by atoms with Gasteiger partial charge in [0.1, 0.15) is 11.3 Å². The number of benzene rings is 1. The minimum atomic E-state index is 0.755. The molecule has 3 rings (SSSR count). The molecule has 0 amide bonds. The molecule has 1 aromatic carbocycles. The van der Waals surface area contributed by atoms with Crippen LogP contribution in [0, 0.1) is 6.92 Å². The second kappa shape index (κ2) is 6.24. The van der Waals surface area contributed by atoms with E-state index in [1.165, 1.54) is 9.75 Å². The summed E-state index contributed by atoms with van der Waals surface area (Å²) >= 11 is 1.83. The minimum Gasteiger partial charge on any atom is -0.494 e. The van der Waals surface area contributed by atoms with E-state index in [0.717, 1.165) is 35.4 Å². The third-order valence-corrected chi connectivity index (χ3v) is 4.36. The number of aromatic nitrogens is 1. The van der Waals surface area contributed by atoms with Crippen LogP contribution < -0.4 is 10.1 Å². The lowest BCUT2D eigenvalue weighted by Crippen LogP contribution is -2.12. The van der Waals surface area contributed by atoms with Gasteiger partial charge in [0.15, 0.2) is 0 Å². The molecule has 3 aromatic rings. The van der Waals surface area contributed by atoms with E-state index in [1.54, 1.807) is 7.11 Å². The van der Waals surface area contributed by atoms with Crippen LogP contribution in [0.25, 0.3) is 10.9 Å². The van der Waals surface area contributed by atoms with Crippen LogP contribution in [0.2, 0.25) is 0 Å². The van der Waals surface area contributed by atoms with E-state index in [0.29, 0.717) is 0 Å². The topological polar surface area (TPSA) is 34.1 Å². The Morgan fingerprint density at radius 3 is 2.76 bits per heavy atom. The van der Waals surface area contributed by atoms with Crippen LogP contribution in [0.15, 0.2) is 42.5 Å². The van der Waals surface area contributed by atoms with Gasteiger partial charge in [-0.15, -0.1) is 11.3 Å². The molecular weight excluding hydrogens is 280 g/mol. The van der Waals surface area contributed by atoms with E-state index in [9.17, 15) is 0 Å². The summed E-state index contributed by atoms with van der Waals surface area (Å²) < 4.78 is 5.38. The molecule has 0 aliphatic rings. The monoisotopic (exact) mass is 298 g/mol. The Morgan fingerprint density at radius 1 is 1.10 bits per heavy atom. The van der Waals surface area contributed by atoms with Crippen molar-refractivity contribution >= 4 is 22.2 Å². The maximum Gasteiger partial charge on any atom is 0.145 e. The molecule has 1 N–H and O–H groups in total. The number of nitrogens with zero attached hydrogens (tertiary/aromatic N) is 1. The Bertz CT molecular complexity index is 751. The SMILES string of the molecule is COc1cccc2ccc(CNCc3ccc(C)s3)nc12. The number of hydrogen-bond donors (Lipinski definition) is 1. The number of fused-ring (bicyclic) bond motifs is 1. The molecule has 21 heavy (non-hydrogen) atoms. The smallest absolute Gasteiger partial charge is 0.145 e. The Kier molecular flexibility index (Phi) is 4.18. The van der Waals surface area contributed by atoms with Crippen LogP contribution in [0.3, 0.4) is 0 Å². The van der Waals surface area contributed by atoms with Gasteiger partial charge in [-0.25, -0.2) is 4.98 Å².